The number of hydrazine groups is 1. The van der Waals surface area contributed by atoms with Crippen molar-refractivity contribution in [1.82, 2.24) is 5.01 Å². The number of aliphatic imine (C=N–C) groups is 1. The van der Waals surface area contributed by atoms with Gasteiger partial charge < -0.3 is 15.8 Å². The van der Waals surface area contributed by atoms with Crippen molar-refractivity contribution < 1.29 is 9.53 Å². The summed E-state index contributed by atoms with van der Waals surface area (Å²) in [6.45, 7) is 5.98. The summed E-state index contributed by atoms with van der Waals surface area (Å²) >= 11 is 6.29. The third-order valence-corrected chi connectivity index (χ3v) is 5.20. The predicted octanol–water partition coefficient (Wildman–Crippen LogP) is 4.18. The number of ether oxygens (including phenoxy) is 1. The molecule has 2 rings (SSSR count). The van der Waals surface area contributed by atoms with E-state index < -0.39 is 6.03 Å². The number of allylic oxidation sites excluding steroid dienone is 1. The Balaban J connectivity index is 2.24. The van der Waals surface area contributed by atoms with Gasteiger partial charge in [-0.15, -0.1) is 0 Å². The maximum absolute atomic E-state index is 11.9. The number of rotatable bonds is 6. The standard InChI is InChI=1S/C22H28ClN5O2/c1-13-7-6-8-18(27-22(29)28(5)25)17(13)12-30-19-10-9-16(11-14(19)2)21(24)20(23)15(3)26-4/h6-11H,12,24-25H2,1-5H3,(H,27,29). The number of carbonyl (C=O) groups excluding carboxylic acids is 1. The quantitative estimate of drug-likeness (QED) is 0.277. The van der Waals surface area contributed by atoms with Gasteiger partial charge in [0.05, 0.1) is 16.4 Å². The molecule has 0 heterocycles. The summed E-state index contributed by atoms with van der Waals surface area (Å²) in [6.07, 6.45) is 0. The molecular formula is C22H28ClN5O2. The number of nitrogens with two attached hydrogens (primary N) is 2. The van der Waals surface area contributed by atoms with Crippen LogP contribution in [0.25, 0.3) is 5.70 Å². The molecule has 7 nitrogen and oxygen atoms in total. The summed E-state index contributed by atoms with van der Waals surface area (Å²) in [5, 5.41) is 4.20. The number of carbonyl (C=O) groups is 1. The minimum Gasteiger partial charge on any atom is -0.489 e. The van der Waals surface area contributed by atoms with E-state index in [1.165, 1.54) is 7.05 Å². The Morgan fingerprint density at radius 1 is 1.23 bits per heavy atom. The molecule has 8 heteroatoms. The number of urea groups is 1. The number of aryl methyl sites for hydroxylation is 2. The van der Waals surface area contributed by atoms with E-state index in [1.54, 1.807) is 14.0 Å². The van der Waals surface area contributed by atoms with Gasteiger partial charge >= 0.3 is 6.03 Å². The van der Waals surface area contributed by atoms with Gasteiger partial charge in [0.2, 0.25) is 0 Å². The maximum Gasteiger partial charge on any atom is 0.335 e. The van der Waals surface area contributed by atoms with Crippen molar-refractivity contribution in [2.24, 2.45) is 16.6 Å². The van der Waals surface area contributed by atoms with Gasteiger partial charge in [0, 0.05) is 25.3 Å². The van der Waals surface area contributed by atoms with Crippen molar-refractivity contribution in [1.29, 1.82) is 0 Å². The average molecular weight is 430 g/mol. The Kier molecular flexibility index (Phi) is 7.86. The number of hydrogen-bond acceptors (Lipinski definition) is 5. The van der Waals surface area contributed by atoms with Crippen LogP contribution in [-0.2, 0) is 6.61 Å². The molecule has 0 bridgehead atoms. The molecule has 5 N–H and O–H groups in total. The van der Waals surface area contributed by atoms with E-state index in [-0.39, 0.29) is 6.61 Å². The van der Waals surface area contributed by atoms with Gasteiger partial charge in [0.15, 0.2) is 0 Å². The lowest BCUT2D eigenvalue weighted by Gasteiger charge is -2.18. The van der Waals surface area contributed by atoms with Gasteiger partial charge in [-0.2, -0.15) is 0 Å². The van der Waals surface area contributed by atoms with Crippen molar-refractivity contribution in [3.63, 3.8) is 0 Å². The number of hydrogen-bond donors (Lipinski definition) is 3. The summed E-state index contributed by atoms with van der Waals surface area (Å²) in [4.78, 5) is 16.0. The average Bonchev–Trinajstić information content (AvgIpc) is 2.72. The van der Waals surface area contributed by atoms with Crippen LogP contribution in [0.5, 0.6) is 5.75 Å². The summed E-state index contributed by atoms with van der Waals surface area (Å²) in [6, 6.07) is 10.9. The molecule has 0 radical (unpaired) electrons. The summed E-state index contributed by atoms with van der Waals surface area (Å²) in [5.41, 5.74) is 11.5. The highest BCUT2D eigenvalue weighted by Crippen LogP contribution is 2.27. The van der Waals surface area contributed by atoms with E-state index in [1.807, 2.05) is 50.2 Å². The molecule has 0 unspecified atom stereocenters. The van der Waals surface area contributed by atoms with Crippen LogP contribution >= 0.6 is 11.6 Å². The highest BCUT2D eigenvalue weighted by atomic mass is 35.5. The van der Waals surface area contributed by atoms with Gasteiger partial charge in [-0.3, -0.25) is 10.0 Å². The Hall–Kier alpha value is -3.03. The molecule has 0 spiro atoms. The Morgan fingerprint density at radius 3 is 2.53 bits per heavy atom. The molecule has 2 aromatic carbocycles. The van der Waals surface area contributed by atoms with Gasteiger partial charge in [0.25, 0.3) is 0 Å². The van der Waals surface area contributed by atoms with Crippen LogP contribution in [0.1, 0.15) is 29.2 Å². The molecule has 0 saturated carbocycles. The number of anilines is 1. The van der Waals surface area contributed by atoms with E-state index in [2.05, 4.69) is 10.3 Å². The van der Waals surface area contributed by atoms with Gasteiger partial charge in [-0.05, 0) is 61.7 Å². The molecule has 0 fully saturated rings. The zero-order valence-electron chi connectivity index (χ0n) is 17.9. The van der Waals surface area contributed by atoms with E-state index in [9.17, 15) is 4.79 Å². The number of halogens is 1. The van der Waals surface area contributed by atoms with Crippen LogP contribution in [0, 0.1) is 13.8 Å². The fraction of sp³-hybridized carbons (Fsp3) is 0.273. The van der Waals surface area contributed by atoms with Crippen LogP contribution in [0.15, 0.2) is 46.4 Å². The molecule has 0 aliphatic rings. The van der Waals surface area contributed by atoms with E-state index in [4.69, 9.17) is 27.9 Å². The molecular weight excluding hydrogens is 402 g/mol. The second kappa shape index (κ2) is 10.1. The normalized spacial score (nSPS) is 12.3. The molecule has 0 aliphatic heterocycles. The zero-order chi connectivity index (χ0) is 22.4. The van der Waals surface area contributed by atoms with E-state index in [0.29, 0.717) is 27.9 Å². The van der Waals surface area contributed by atoms with Crippen molar-refractivity contribution in [3.05, 3.63) is 63.7 Å². The summed E-state index contributed by atoms with van der Waals surface area (Å²) in [5.74, 6) is 6.21. The van der Waals surface area contributed by atoms with Crippen LogP contribution in [0.3, 0.4) is 0 Å². The summed E-state index contributed by atoms with van der Waals surface area (Å²) < 4.78 is 6.04. The van der Waals surface area contributed by atoms with Crippen molar-refractivity contribution in [3.8, 4) is 5.75 Å². The first-order valence-electron chi connectivity index (χ1n) is 9.36. The molecule has 0 aliphatic carbocycles. The lowest BCUT2D eigenvalue weighted by Crippen LogP contribution is -2.37. The predicted molar refractivity (Wildman–Crippen MR) is 124 cm³/mol. The molecule has 2 aromatic rings. The Labute approximate surface area is 182 Å². The van der Waals surface area contributed by atoms with Crippen molar-refractivity contribution in [2.45, 2.75) is 27.4 Å². The minimum atomic E-state index is -0.410. The maximum atomic E-state index is 11.9. The molecule has 0 atom stereocenters. The van der Waals surface area contributed by atoms with Gasteiger partial charge in [-0.1, -0.05) is 23.7 Å². The molecule has 30 heavy (non-hydrogen) atoms. The highest BCUT2D eigenvalue weighted by Gasteiger charge is 2.13. The number of nitrogens with zero attached hydrogens (tertiary/aromatic N) is 2. The Morgan fingerprint density at radius 2 is 1.93 bits per heavy atom. The first-order valence-corrected chi connectivity index (χ1v) is 9.74. The molecule has 160 valence electrons. The number of amides is 2. The first-order chi connectivity index (χ1) is 14.1. The smallest absolute Gasteiger partial charge is 0.335 e. The van der Waals surface area contributed by atoms with Crippen LogP contribution in [0.4, 0.5) is 10.5 Å². The molecule has 0 aromatic heterocycles. The lowest BCUT2D eigenvalue weighted by atomic mass is 10.1. The fourth-order valence-electron chi connectivity index (χ4n) is 2.76. The van der Waals surface area contributed by atoms with Crippen molar-refractivity contribution >= 4 is 34.7 Å². The third kappa shape index (κ3) is 5.52. The summed E-state index contributed by atoms with van der Waals surface area (Å²) in [7, 11) is 3.15. The SMILES string of the molecule is CN=C(C)C(Cl)=C(N)c1ccc(OCc2c(C)cccc2NC(=O)N(C)N)c(C)c1. The van der Waals surface area contributed by atoms with Crippen LogP contribution < -0.4 is 21.6 Å². The first kappa shape index (κ1) is 23.3. The fourth-order valence-corrected chi connectivity index (χ4v) is 2.96. The van der Waals surface area contributed by atoms with Gasteiger partial charge in [-0.25, -0.2) is 10.6 Å². The van der Waals surface area contributed by atoms with E-state index in [0.717, 1.165) is 27.3 Å². The molecule has 2 amide bonds. The number of nitrogens with one attached hydrogen (secondary N) is 1. The van der Waals surface area contributed by atoms with Crippen molar-refractivity contribution in [2.75, 3.05) is 19.4 Å². The second-order valence-electron chi connectivity index (χ2n) is 6.95. The number of benzene rings is 2. The highest BCUT2D eigenvalue weighted by molar-refractivity contribution is 6.46. The molecule has 0 saturated heterocycles. The largest absolute Gasteiger partial charge is 0.489 e. The lowest BCUT2D eigenvalue weighted by molar-refractivity contribution is 0.223. The zero-order valence-corrected chi connectivity index (χ0v) is 18.7. The third-order valence-electron chi connectivity index (χ3n) is 4.72. The van der Waals surface area contributed by atoms with Gasteiger partial charge in [0.1, 0.15) is 12.4 Å². The monoisotopic (exact) mass is 429 g/mol. The van der Waals surface area contributed by atoms with E-state index >= 15 is 0 Å². The second-order valence-corrected chi connectivity index (χ2v) is 7.33. The Bertz CT molecular complexity index is 999. The van der Waals surface area contributed by atoms with Crippen LogP contribution in [0.2, 0.25) is 0 Å². The van der Waals surface area contributed by atoms with Crippen LogP contribution in [-0.4, -0.2) is 30.8 Å². The minimum absolute atomic E-state index is 0.282. The topological polar surface area (TPSA) is 106 Å².